The van der Waals surface area contributed by atoms with Crippen LogP contribution in [0.5, 0.6) is 0 Å². The number of nitrogens with zero attached hydrogens (tertiary/aromatic N) is 1. The number of ether oxygens (including phenoxy) is 2. The summed E-state index contributed by atoms with van der Waals surface area (Å²) in [5.41, 5.74) is 1.15. The zero-order valence-corrected chi connectivity index (χ0v) is 23.7. The number of carbonyl (C=O) groups excluding carboxylic acids is 3. The maximum absolute atomic E-state index is 13.6. The molecule has 0 radical (unpaired) electrons. The number of Topliss-reactive ketones (excluding diaryl/α,β-unsaturated/α-hetero) is 1. The lowest BCUT2D eigenvalue weighted by Gasteiger charge is -2.24. The maximum atomic E-state index is 13.6. The minimum absolute atomic E-state index is 0.0566. The maximum Gasteiger partial charge on any atom is 0.340 e. The van der Waals surface area contributed by atoms with Crippen LogP contribution < -0.4 is 4.31 Å². The van der Waals surface area contributed by atoms with E-state index in [2.05, 4.69) is 11.6 Å². The van der Waals surface area contributed by atoms with Crippen LogP contribution >= 0.6 is 23.2 Å². The highest BCUT2D eigenvalue weighted by Gasteiger charge is 2.29. The van der Waals surface area contributed by atoms with Crippen molar-refractivity contribution in [1.82, 2.24) is 4.98 Å². The van der Waals surface area contributed by atoms with E-state index in [1.54, 1.807) is 20.8 Å². The molecule has 0 atom stereocenters. The van der Waals surface area contributed by atoms with Crippen LogP contribution in [0.2, 0.25) is 10.0 Å². The number of benzene rings is 2. The van der Waals surface area contributed by atoms with E-state index < -0.39 is 34.4 Å². The smallest absolute Gasteiger partial charge is 0.340 e. The number of carbonyl (C=O) groups is 3. The Morgan fingerprint density at radius 1 is 0.974 bits per heavy atom. The van der Waals surface area contributed by atoms with E-state index in [1.807, 2.05) is 0 Å². The van der Waals surface area contributed by atoms with Crippen molar-refractivity contribution in [2.75, 3.05) is 24.1 Å². The van der Waals surface area contributed by atoms with E-state index in [0.717, 1.165) is 10.4 Å². The topological polar surface area (TPSA) is 123 Å². The lowest BCUT2D eigenvalue weighted by molar-refractivity contribution is 0.0472. The molecule has 0 fully saturated rings. The molecule has 39 heavy (non-hydrogen) atoms. The third kappa shape index (κ3) is 6.52. The molecule has 0 unspecified atom stereocenters. The first-order valence-electron chi connectivity index (χ1n) is 11.7. The van der Waals surface area contributed by atoms with Gasteiger partial charge in [0.2, 0.25) is 5.78 Å². The molecule has 0 saturated heterocycles. The number of hydrogen-bond acceptors (Lipinski definition) is 7. The van der Waals surface area contributed by atoms with Gasteiger partial charge in [-0.3, -0.25) is 9.10 Å². The Kier molecular flexibility index (Phi) is 9.60. The quantitative estimate of drug-likeness (QED) is 0.176. The Balaban J connectivity index is 1.87. The third-order valence-corrected chi connectivity index (χ3v) is 8.14. The second-order valence-corrected chi connectivity index (χ2v) is 11.0. The van der Waals surface area contributed by atoms with Crippen LogP contribution in [0.15, 0.2) is 60.0 Å². The Hall–Kier alpha value is -3.60. The largest absolute Gasteiger partial charge is 0.462 e. The number of sulfonamides is 1. The summed E-state index contributed by atoms with van der Waals surface area (Å²) in [7, 11) is -4.26. The summed E-state index contributed by atoms with van der Waals surface area (Å²) >= 11 is 12.2. The van der Waals surface area contributed by atoms with E-state index in [1.165, 1.54) is 42.5 Å². The van der Waals surface area contributed by atoms with Crippen molar-refractivity contribution in [2.45, 2.75) is 25.7 Å². The van der Waals surface area contributed by atoms with Gasteiger partial charge >= 0.3 is 11.9 Å². The molecule has 12 heteroatoms. The van der Waals surface area contributed by atoms with Crippen molar-refractivity contribution in [3.8, 4) is 0 Å². The van der Waals surface area contributed by atoms with E-state index in [9.17, 15) is 22.8 Å². The Morgan fingerprint density at radius 3 is 2.23 bits per heavy atom. The highest BCUT2D eigenvalue weighted by molar-refractivity contribution is 7.93. The fraction of sp³-hybridized carbons (Fsp3) is 0.222. The zero-order valence-electron chi connectivity index (χ0n) is 21.4. The van der Waals surface area contributed by atoms with Gasteiger partial charge in [0.15, 0.2) is 6.61 Å². The molecule has 0 aliphatic rings. The van der Waals surface area contributed by atoms with Gasteiger partial charge in [-0.05, 0) is 63.2 Å². The number of rotatable bonds is 11. The van der Waals surface area contributed by atoms with Crippen molar-refractivity contribution in [2.24, 2.45) is 0 Å². The summed E-state index contributed by atoms with van der Waals surface area (Å²) in [6.45, 7) is 7.83. The first-order valence-corrected chi connectivity index (χ1v) is 13.9. The van der Waals surface area contributed by atoms with Crippen LogP contribution in [-0.4, -0.2) is 50.9 Å². The third-order valence-electron chi connectivity index (χ3n) is 5.61. The minimum atomic E-state index is -4.26. The summed E-state index contributed by atoms with van der Waals surface area (Å²) in [6, 6.07) is 9.73. The molecule has 1 aromatic heterocycles. The van der Waals surface area contributed by atoms with E-state index in [-0.39, 0.29) is 39.8 Å². The highest BCUT2D eigenvalue weighted by Crippen LogP contribution is 2.30. The molecule has 0 spiro atoms. The minimum Gasteiger partial charge on any atom is -0.462 e. The summed E-state index contributed by atoms with van der Waals surface area (Å²) in [5, 5.41) is 0.301. The molecule has 0 amide bonds. The van der Waals surface area contributed by atoms with Crippen molar-refractivity contribution >= 4 is 56.6 Å². The van der Waals surface area contributed by atoms with Crippen molar-refractivity contribution in [3.05, 3.63) is 93.2 Å². The Bertz CT molecular complexity index is 1530. The lowest BCUT2D eigenvalue weighted by atomic mass is 10.1. The standard InChI is InChI=1S/C27H26Cl2N2O7S/c1-5-13-31(20-10-8-19(28)9-11-20)39(35,36)23-14-18(7-12-21(23)29)26(33)38-15-22(32)24-16(3)30-17(4)25(24)27(34)37-6-2/h5,7-12,14,30H,1,6,13,15H2,2-4H3. The molecule has 1 N–H and O–H groups in total. The van der Waals surface area contributed by atoms with Gasteiger partial charge in [-0.25, -0.2) is 18.0 Å². The summed E-state index contributed by atoms with van der Waals surface area (Å²) in [5.74, 6) is -2.26. The number of aryl methyl sites for hydroxylation is 2. The highest BCUT2D eigenvalue weighted by atomic mass is 35.5. The van der Waals surface area contributed by atoms with Gasteiger partial charge in [0.1, 0.15) is 4.90 Å². The molecule has 0 aliphatic heterocycles. The molecule has 3 rings (SSSR count). The van der Waals surface area contributed by atoms with Crippen LogP contribution in [0, 0.1) is 13.8 Å². The van der Waals surface area contributed by atoms with Crippen molar-refractivity contribution < 1.29 is 32.3 Å². The van der Waals surface area contributed by atoms with Crippen LogP contribution in [0.1, 0.15) is 49.4 Å². The fourth-order valence-electron chi connectivity index (χ4n) is 3.89. The van der Waals surface area contributed by atoms with Gasteiger partial charge in [-0.15, -0.1) is 6.58 Å². The fourth-order valence-corrected chi connectivity index (χ4v) is 5.95. The first kappa shape index (κ1) is 29.9. The number of hydrogen-bond donors (Lipinski definition) is 1. The second-order valence-electron chi connectivity index (χ2n) is 8.29. The normalized spacial score (nSPS) is 11.1. The molecule has 1 heterocycles. The predicted molar refractivity (Wildman–Crippen MR) is 148 cm³/mol. The Morgan fingerprint density at radius 2 is 1.62 bits per heavy atom. The molecule has 2 aromatic carbocycles. The van der Waals surface area contributed by atoms with Crippen LogP contribution in [0.3, 0.4) is 0 Å². The monoisotopic (exact) mass is 592 g/mol. The number of aromatic amines is 1. The molecular weight excluding hydrogens is 567 g/mol. The van der Waals surface area contributed by atoms with Gasteiger partial charge in [0.25, 0.3) is 10.0 Å². The second kappa shape index (κ2) is 12.5. The van der Waals surface area contributed by atoms with E-state index in [0.29, 0.717) is 22.1 Å². The average molecular weight is 593 g/mol. The predicted octanol–water partition coefficient (Wildman–Crippen LogP) is 5.54. The number of H-pyrrole nitrogens is 1. The number of anilines is 1. The molecule has 0 aliphatic carbocycles. The number of nitrogens with one attached hydrogen (secondary N) is 1. The molecule has 0 saturated carbocycles. The van der Waals surface area contributed by atoms with E-state index in [4.69, 9.17) is 32.7 Å². The van der Waals surface area contributed by atoms with Gasteiger partial charge in [0, 0.05) is 16.4 Å². The molecule has 0 bridgehead atoms. The van der Waals surface area contributed by atoms with Crippen molar-refractivity contribution in [1.29, 1.82) is 0 Å². The number of aromatic nitrogens is 1. The molecule has 9 nitrogen and oxygen atoms in total. The van der Waals surface area contributed by atoms with Crippen LogP contribution in [-0.2, 0) is 19.5 Å². The van der Waals surface area contributed by atoms with E-state index >= 15 is 0 Å². The number of halogens is 2. The van der Waals surface area contributed by atoms with Crippen LogP contribution in [0.4, 0.5) is 5.69 Å². The van der Waals surface area contributed by atoms with Gasteiger partial charge < -0.3 is 14.5 Å². The lowest BCUT2D eigenvalue weighted by Crippen LogP contribution is -2.31. The average Bonchev–Trinajstić information content (AvgIpc) is 3.20. The van der Waals surface area contributed by atoms with Gasteiger partial charge in [-0.1, -0.05) is 29.3 Å². The van der Waals surface area contributed by atoms with Crippen LogP contribution in [0.25, 0.3) is 0 Å². The first-order chi connectivity index (χ1) is 18.4. The molecule has 206 valence electrons. The Labute approximate surface area is 236 Å². The van der Waals surface area contributed by atoms with Gasteiger partial charge in [0.05, 0.1) is 40.6 Å². The van der Waals surface area contributed by atoms with Crippen molar-refractivity contribution in [3.63, 3.8) is 0 Å². The number of ketones is 1. The summed E-state index contributed by atoms with van der Waals surface area (Å²) in [6.07, 6.45) is 1.40. The van der Waals surface area contributed by atoms with Gasteiger partial charge in [-0.2, -0.15) is 0 Å². The summed E-state index contributed by atoms with van der Waals surface area (Å²) < 4.78 is 38.4. The molecule has 3 aromatic rings. The number of esters is 2. The summed E-state index contributed by atoms with van der Waals surface area (Å²) in [4.78, 5) is 40.7. The SMILES string of the molecule is C=CCN(c1ccc(Cl)cc1)S(=O)(=O)c1cc(C(=O)OCC(=O)c2c(C)[nH]c(C)c2C(=O)OCC)ccc1Cl. The zero-order chi connectivity index (χ0) is 28.9. The molecular formula is C27H26Cl2N2O7S.